The number of hydrogen-bond acceptors (Lipinski definition) is 3. The molecule has 0 aliphatic carbocycles. The lowest BCUT2D eigenvalue weighted by Crippen LogP contribution is -2.12. The molecule has 0 spiro atoms. The van der Waals surface area contributed by atoms with Gasteiger partial charge in [-0.15, -0.1) is 23.5 Å². The van der Waals surface area contributed by atoms with Crippen molar-refractivity contribution >= 4 is 35.1 Å². The van der Waals surface area contributed by atoms with Crippen LogP contribution in [-0.2, 0) is 4.79 Å². The highest BCUT2D eigenvalue weighted by atomic mass is 32.2. The van der Waals surface area contributed by atoms with Crippen LogP contribution in [0.2, 0.25) is 0 Å². The highest BCUT2D eigenvalue weighted by Gasteiger charge is 2.06. The molecule has 0 fully saturated rings. The minimum Gasteiger partial charge on any atom is -0.325 e. The summed E-state index contributed by atoms with van der Waals surface area (Å²) in [4.78, 5) is 14.4. The van der Waals surface area contributed by atoms with Crippen molar-refractivity contribution in [1.29, 1.82) is 0 Å². The molecule has 0 saturated heterocycles. The number of hydrogen-bond donors (Lipinski definition) is 1. The number of anilines is 1. The van der Waals surface area contributed by atoms with E-state index >= 15 is 0 Å². The first-order chi connectivity index (χ1) is 10.3. The molecule has 0 aliphatic rings. The van der Waals surface area contributed by atoms with Crippen molar-refractivity contribution in [2.75, 3.05) is 16.8 Å². The number of thioether (sulfide) groups is 2. The molecule has 0 bridgehead atoms. The van der Waals surface area contributed by atoms with Crippen molar-refractivity contribution in [3.8, 4) is 0 Å². The maximum absolute atomic E-state index is 12.0. The predicted molar refractivity (Wildman–Crippen MR) is 93.3 cm³/mol. The predicted octanol–water partition coefficient (Wildman–Crippen LogP) is 4.92. The Morgan fingerprint density at radius 1 is 1.00 bits per heavy atom. The van der Waals surface area contributed by atoms with E-state index in [2.05, 4.69) is 24.4 Å². The smallest absolute Gasteiger partial charge is 0.225 e. The van der Waals surface area contributed by atoms with Crippen LogP contribution in [0.4, 0.5) is 5.69 Å². The second-order valence-electron chi connectivity index (χ2n) is 4.39. The fourth-order valence-electron chi connectivity index (χ4n) is 1.84. The first kappa shape index (κ1) is 16.0. The van der Waals surface area contributed by atoms with Crippen molar-refractivity contribution in [2.24, 2.45) is 0 Å². The van der Waals surface area contributed by atoms with E-state index in [1.54, 1.807) is 23.5 Å². The molecule has 110 valence electrons. The summed E-state index contributed by atoms with van der Waals surface area (Å²) < 4.78 is 0. The number of amides is 1. The van der Waals surface area contributed by atoms with Gasteiger partial charge in [0.2, 0.25) is 5.91 Å². The zero-order valence-corrected chi connectivity index (χ0v) is 13.7. The van der Waals surface area contributed by atoms with Crippen molar-refractivity contribution in [3.05, 3.63) is 54.6 Å². The van der Waals surface area contributed by atoms with Crippen LogP contribution < -0.4 is 5.32 Å². The molecule has 2 rings (SSSR count). The first-order valence-electron chi connectivity index (χ1n) is 6.99. The van der Waals surface area contributed by atoms with Gasteiger partial charge in [0.05, 0.1) is 5.69 Å². The van der Waals surface area contributed by atoms with Crippen LogP contribution in [0.25, 0.3) is 0 Å². The Hall–Kier alpha value is -1.39. The molecule has 0 radical (unpaired) electrons. The average Bonchev–Trinajstić information content (AvgIpc) is 2.50. The van der Waals surface area contributed by atoms with Crippen LogP contribution in [0, 0.1) is 0 Å². The zero-order chi connectivity index (χ0) is 14.9. The van der Waals surface area contributed by atoms with Gasteiger partial charge in [-0.25, -0.2) is 0 Å². The summed E-state index contributed by atoms with van der Waals surface area (Å²) in [6.07, 6.45) is 0.519. The minimum atomic E-state index is 0.0718. The van der Waals surface area contributed by atoms with Crippen LogP contribution in [-0.4, -0.2) is 17.4 Å². The molecule has 0 saturated carbocycles. The topological polar surface area (TPSA) is 29.1 Å². The quantitative estimate of drug-likeness (QED) is 0.735. The second kappa shape index (κ2) is 8.80. The summed E-state index contributed by atoms with van der Waals surface area (Å²) in [6.45, 7) is 2.11. The Morgan fingerprint density at radius 3 is 2.48 bits per heavy atom. The molecule has 4 heteroatoms. The van der Waals surface area contributed by atoms with E-state index in [-0.39, 0.29) is 5.91 Å². The fourth-order valence-corrected chi connectivity index (χ4v) is 3.48. The highest BCUT2D eigenvalue weighted by molar-refractivity contribution is 7.99. The van der Waals surface area contributed by atoms with Gasteiger partial charge in [-0.1, -0.05) is 37.3 Å². The lowest BCUT2D eigenvalue weighted by molar-refractivity contribution is -0.115. The molecule has 2 aromatic carbocycles. The SMILES string of the molecule is CCSc1ccccc1NC(=O)CCSc1ccccc1. The molecule has 0 heterocycles. The van der Waals surface area contributed by atoms with Gasteiger partial charge in [-0.05, 0) is 30.0 Å². The molecule has 1 amide bonds. The number of nitrogens with one attached hydrogen (secondary N) is 1. The second-order valence-corrected chi connectivity index (χ2v) is 6.86. The Morgan fingerprint density at radius 2 is 1.71 bits per heavy atom. The number of para-hydroxylation sites is 1. The van der Waals surface area contributed by atoms with Crippen molar-refractivity contribution < 1.29 is 4.79 Å². The molecule has 0 atom stereocenters. The van der Waals surface area contributed by atoms with Crippen molar-refractivity contribution in [3.63, 3.8) is 0 Å². The molecule has 1 N–H and O–H groups in total. The molecular weight excluding hydrogens is 298 g/mol. The Labute approximate surface area is 134 Å². The van der Waals surface area contributed by atoms with Gasteiger partial charge in [0, 0.05) is 22.0 Å². The van der Waals surface area contributed by atoms with Gasteiger partial charge < -0.3 is 5.32 Å². The van der Waals surface area contributed by atoms with E-state index in [4.69, 9.17) is 0 Å². The van der Waals surface area contributed by atoms with E-state index in [1.807, 2.05) is 42.5 Å². The van der Waals surface area contributed by atoms with E-state index in [9.17, 15) is 4.79 Å². The van der Waals surface area contributed by atoms with Gasteiger partial charge >= 0.3 is 0 Å². The summed E-state index contributed by atoms with van der Waals surface area (Å²) in [5.41, 5.74) is 0.916. The lowest BCUT2D eigenvalue weighted by Gasteiger charge is -2.09. The Kier molecular flexibility index (Phi) is 6.70. The molecule has 2 aromatic rings. The number of benzene rings is 2. The summed E-state index contributed by atoms with van der Waals surface area (Å²) in [5.74, 6) is 1.86. The monoisotopic (exact) mass is 317 g/mol. The third-order valence-electron chi connectivity index (χ3n) is 2.80. The Balaban J connectivity index is 1.82. The molecule has 21 heavy (non-hydrogen) atoms. The van der Waals surface area contributed by atoms with Gasteiger partial charge in [-0.3, -0.25) is 4.79 Å². The van der Waals surface area contributed by atoms with Gasteiger partial charge in [-0.2, -0.15) is 0 Å². The third kappa shape index (κ3) is 5.48. The molecule has 2 nitrogen and oxygen atoms in total. The summed E-state index contributed by atoms with van der Waals surface area (Å²) in [5, 5.41) is 3.01. The third-order valence-corrected chi connectivity index (χ3v) is 4.77. The number of carbonyl (C=O) groups excluding carboxylic acids is 1. The number of carbonyl (C=O) groups is 1. The Bertz CT molecular complexity index is 572. The standard InChI is InChI=1S/C17H19NOS2/c1-2-20-16-11-7-6-10-15(16)18-17(19)12-13-21-14-8-4-3-5-9-14/h3-11H,2,12-13H2,1H3,(H,18,19). The van der Waals surface area contributed by atoms with E-state index in [0.29, 0.717) is 6.42 Å². The summed E-state index contributed by atoms with van der Waals surface area (Å²) >= 11 is 3.45. The largest absolute Gasteiger partial charge is 0.325 e. The van der Waals surface area contributed by atoms with Crippen LogP contribution in [0.1, 0.15) is 13.3 Å². The number of rotatable bonds is 7. The van der Waals surface area contributed by atoms with Crippen LogP contribution in [0.3, 0.4) is 0 Å². The van der Waals surface area contributed by atoms with E-state index < -0.39 is 0 Å². The average molecular weight is 317 g/mol. The van der Waals surface area contributed by atoms with Crippen LogP contribution >= 0.6 is 23.5 Å². The molecule has 0 unspecified atom stereocenters. The van der Waals surface area contributed by atoms with Crippen molar-refractivity contribution in [2.45, 2.75) is 23.1 Å². The lowest BCUT2D eigenvalue weighted by atomic mass is 10.3. The fraction of sp³-hybridized carbons (Fsp3) is 0.235. The molecular formula is C17H19NOS2. The van der Waals surface area contributed by atoms with Crippen LogP contribution in [0.5, 0.6) is 0 Å². The maximum atomic E-state index is 12.0. The first-order valence-corrected chi connectivity index (χ1v) is 8.96. The van der Waals surface area contributed by atoms with Gasteiger partial charge in [0.15, 0.2) is 0 Å². The van der Waals surface area contributed by atoms with Crippen molar-refractivity contribution in [1.82, 2.24) is 0 Å². The van der Waals surface area contributed by atoms with E-state index in [1.165, 1.54) is 4.90 Å². The zero-order valence-electron chi connectivity index (χ0n) is 12.0. The minimum absolute atomic E-state index is 0.0718. The van der Waals surface area contributed by atoms with Crippen LogP contribution in [0.15, 0.2) is 64.4 Å². The van der Waals surface area contributed by atoms with Gasteiger partial charge in [0.25, 0.3) is 0 Å². The van der Waals surface area contributed by atoms with E-state index in [0.717, 1.165) is 22.1 Å². The highest BCUT2D eigenvalue weighted by Crippen LogP contribution is 2.27. The summed E-state index contributed by atoms with van der Waals surface area (Å²) in [6, 6.07) is 18.1. The normalized spacial score (nSPS) is 10.3. The van der Waals surface area contributed by atoms with Gasteiger partial charge in [0.1, 0.15) is 0 Å². The summed E-state index contributed by atoms with van der Waals surface area (Å²) in [7, 11) is 0. The molecule has 0 aromatic heterocycles. The molecule has 0 aliphatic heterocycles. The maximum Gasteiger partial charge on any atom is 0.225 e.